The van der Waals surface area contributed by atoms with Gasteiger partial charge < -0.3 is 14.1 Å². The summed E-state index contributed by atoms with van der Waals surface area (Å²) in [6.07, 6.45) is 2.79. The number of carbonyl (C=O) groups excluding carboxylic acids is 1. The third-order valence-electron chi connectivity index (χ3n) is 5.68. The van der Waals surface area contributed by atoms with E-state index in [1.165, 1.54) is 24.5 Å². The number of hydrogen-bond donors (Lipinski definition) is 0. The average Bonchev–Trinajstić information content (AvgIpc) is 3.33. The predicted molar refractivity (Wildman–Crippen MR) is 120 cm³/mol. The summed E-state index contributed by atoms with van der Waals surface area (Å²) >= 11 is 0. The zero-order valence-electron chi connectivity index (χ0n) is 17.9. The van der Waals surface area contributed by atoms with Crippen LogP contribution in [-0.2, 0) is 27.6 Å². The zero-order chi connectivity index (χ0) is 22.7. The predicted octanol–water partition coefficient (Wildman–Crippen LogP) is 4.12. The van der Waals surface area contributed by atoms with E-state index in [1.54, 1.807) is 4.90 Å². The molecule has 170 valence electrons. The Morgan fingerprint density at radius 3 is 2.69 bits per heavy atom. The van der Waals surface area contributed by atoms with Gasteiger partial charge in [0, 0.05) is 23.5 Å². The third-order valence-corrected chi connectivity index (χ3v) is 7.43. The van der Waals surface area contributed by atoms with Crippen molar-refractivity contribution >= 4 is 26.7 Å². The molecule has 0 radical (unpaired) electrons. The van der Waals surface area contributed by atoms with Gasteiger partial charge in [-0.1, -0.05) is 19.1 Å². The van der Waals surface area contributed by atoms with E-state index in [0.29, 0.717) is 29.6 Å². The van der Waals surface area contributed by atoms with Crippen molar-refractivity contribution in [3.63, 3.8) is 0 Å². The summed E-state index contributed by atoms with van der Waals surface area (Å²) in [4.78, 5) is 15.0. The van der Waals surface area contributed by atoms with Crippen molar-refractivity contribution in [2.75, 3.05) is 18.1 Å². The molecule has 1 saturated heterocycles. The number of halogens is 1. The smallest absolute Gasteiger partial charge is 0.227 e. The highest BCUT2D eigenvalue weighted by molar-refractivity contribution is 7.91. The van der Waals surface area contributed by atoms with Crippen molar-refractivity contribution in [2.45, 2.75) is 38.8 Å². The Labute approximate surface area is 186 Å². The number of fused-ring (bicyclic) bond motifs is 1. The Morgan fingerprint density at radius 2 is 2.00 bits per heavy atom. The minimum atomic E-state index is -3.17. The molecule has 1 unspecified atom stereocenters. The van der Waals surface area contributed by atoms with Crippen LogP contribution in [0.5, 0.6) is 5.75 Å². The molecule has 4 rings (SSSR count). The zero-order valence-corrected chi connectivity index (χ0v) is 18.7. The molecular weight excluding hydrogens is 433 g/mol. The molecule has 0 N–H and O–H groups in total. The standard InChI is InChI=1S/C24H26FNO5S/c1-2-10-30-21-6-3-17(4-7-21)14-26(20-9-11-32(28,29)16-20)24(27)12-18-15-31-23-8-5-19(25)13-22(18)23/h3-8,13,15,20H,2,9-12,14,16H2,1H3. The van der Waals surface area contributed by atoms with Crippen molar-refractivity contribution in [2.24, 2.45) is 0 Å². The van der Waals surface area contributed by atoms with E-state index >= 15 is 0 Å². The summed E-state index contributed by atoms with van der Waals surface area (Å²) in [5, 5.41) is 0.551. The fourth-order valence-electron chi connectivity index (χ4n) is 4.01. The quantitative estimate of drug-likeness (QED) is 0.507. The fraction of sp³-hybridized carbons (Fsp3) is 0.375. The van der Waals surface area contributed by atoms with Gasteiger partial charge in [-0.25, -0.2) is 12.8 Å². The monoisotopic (exact) mass is 459 g/mol. The lowest BCUT2D eigenvalue weighted by atomic mass is 10.1. The van der Waals surface area contributed by atoms with Crippen LogP contribution in [0.25, 0.3) is 11.0 Å². The number of benzene rings is 2. The number of nitrogens with zero attached hydrogens (tertiary/aromatic N) is 1. The summed E-state index contributed by atoms with van der Waals surface area (Å²) in [6.45, 7) is 2.95. The minimum absolute atomic E-state index is 0.00466. The maximum Gasteiger partial charge on any atom is 0.227 e. The van der Waals surface area contributed by atoms with Crippen LogP contribution in [0, 0.1) is 5.82 Å². The van der Waals surface area contributed by atoms with Crippen molar-refractivity contribution in [1.29, 1.82) is 0 Å². The summed E-state index contributed by atoms with van der Waals surface area (Å²) in [6, 6.07) is 11.3. The summed E-state index contributed by atoms with van der Waals surface area (Å²) < 4.78 is 48.9. The Bertz CT molecular complexity index is 1200. The van der Waals surface area contributed by atoms with Crippen LogP contribution in [0.3, 0.4) is 0 Å². The number of ether oxygens (including phenoxy) is 1. The van der Waals surface area contributed by atoms with Gasteiger partial charge in [0.15, 0.2) is 9.84 Å². The van der Waals surface area contributed by atoms with Crippen molar-refractivity contribution in [1.82, 2.24) is 4.90 Å². The van der Waals surface area contributed by atoms with Crippen LogP contribution >= 0.6 is 0 Å². The van der Waals surface area contributed by atoms with E-state index in [-0.39, 0.29) is 30.4 Å². The maximum absolute atomic E-state index is 13.7. The van der Waals surface area contributed by atoms with E-state index in [4.69, 9.17) is 9.15 Å². The number of furan rings is 1. The molecule has 1 atom stereocenters. The lowest BCUT2D eigenvalue weighted by Crippen LogP contribution is -2.41. The number of carbonyl (C=O) groups is 1. The van der Waals surface area contributed by atoms with E-state index < -0.39 is 21.7 Å². The summed E-state index contributed by atoms with van der Waals surface area (Å²) in [5.41, 5.74) is 1.97. The van der Waals surface area contributed by atoms with Gasteiger partial charge in [-0.3, -0.25) is 4.79 Å². The molecule has 6 nitrogen and oxygen atoms in total. The van der Waals surface area contributed by atoms with Crippen LogP contribution < -0.4 is 4.74 Å². The molecule has 8 heteroatoms. The summed E-state index contributed by atoms with van der Waals surface area (Å²) in [7, 11) is -3.17. The molecule has 2 heterocycles. The molecule has 2 aromatic carbocycles. The second kappa shape index (κ2) is 9.32. The molecule has 0 bridgehead atoms. The average molecular weight is 460 g/mol. The molecule has 0 spiro atoms. The maximum atomic E-state index is 13.7. The number of sulfone groups is 1. The van der Waals surface area contributed by atoms with Crippen LogP contribution in [0.2, 0.25) is 0 Å². The third kappa shape index (κ3) is 5.12. The molecule has 3 aromatic rings. The van der Waals surface area contributed by atoms with Gasteiger partial charge in [0.2, 0.25) is 5.91 Å². The second-order valence-electron chi connectivity index (χ2n) is 8.15. The molecule has 0 saturated carbocycles. The fourth-order valence-corrected chi connectivity index (χ4v) is 5.74. The molecule has 32 heavy (non-hydrogen) atoms. The molecule has 1 fully saturated rings. The van der Waals surface area contributed by atoms with Gasteiger partial charge in [-0.15, -0.1) is 0 Å². The Morgan fingerprint density at radius 1 is 1.22 bits per heavy atom. The van der Waals surface area contributed by atoms with Gasteiger partial charge in [0.25, 0.3) is 0 Å². The van der Waals surface area contributed by atoms with Crippen LogP contribution in [0.1, 0.15) is 30.9 Å². The highest BCUT2D eigenvalue weighted by Gasteiger charge is 2.35. The van der Waals surface area contributed by atoms with E-state index in [1.807, 2.05) is 31.2 Å². The van der Waals surface area contributed by atoms with Crippen LogP contribution in [0.15, 0.2) is 53.1 Å². The lowest BCUT2D eigenvalue weighted by molar-refractivity contribution is -0.133. The first-order valence-electron chi connectivity index (χ1n) is 10.7. The van der Waals surface area contributed by atoms with E-state index in [2.05, 4.69) is 0 Å². The number of amides is 1. The normalized spacial score (nSPS) is 17.5. The topological polar surface area (TPSA) is 76.8 Å². The Hall–Kier alpha value is -2.87. The van der Waals surface area contributed by atoms with Crippen LogP contribution in [-0.4, -0.2) is 43.4 Å². The molecule has 1 aliphatic rings. The largest absolute Gasteiger partial charge is 0.494 e. The molecule has 1 aliphatic heterocycles. The molecular formula is C24H26FNO5S. The Balaban J connectivity index is 1.56. The molecule has 1 amide bonds. The van der Waals surface area contributed by atoms with Crippen molar-refractivity contribution in [3.05, 3.63) is 65.7 Å². The first-order chi connectivity index (χ1) is 15.3. The van der Waals surface area contributed by atoms with Gasteiger partial charge in [-0.2, -0.15) is 0 Å². The first-order valence-corrected chi connectivity index (χ1v) is 12.5. The van der Waals surface area contributed by atoms with Crippen molar-refractivity contribution in [3.8, 4) is 5.75 Å². The van der Waals surface area contributed by atoms with Gasteiger partial charge in [-0.05, 0) is 48.7 Å². The van der Waals surface area contributed by atoms with Crippen molar-refractivity contribution < 1.29 is 26.8 Å². The summed E-state index contributed by atoms with van der Waals surface area (Å²) in [5.74, 6) is 0.161. The minimum Gasteiger partial charge on any atom is -0.494 e. The molecule has 0 aliphatic carbocycles. The number of hydrogen-bond acceptors (Lipinski definition) is 5. The van der Waals surface area contributed by atoms with Gasteiger partial charge in [0.05, 0.1) is 30.8 Å². The first kappa shape index (κ1) is 22.3. The van der Waals surface area contributed by atoms with Crippen LogP contribution in [0.4, 0.5) is 4.39 Å². The van der Waals surface area contributed by atoms with Gasteiger partial charge in [0.1, 0.15) is 17.1 Å². The highest BCUT2D eigenvalue weighted by atomic mass is 32.2. The van der Waals surface area contributed by atoms with Gasteiger partial charge >= 0.3 is 0 Å². The second-order valence-corrected chi connectivity index (χ2v) is 10.4. The van der Waals surface area contributed by atoms with E-state index in [0.717, 1.165) is 17.7 Å². The Kier molecular flexibility index (Phi) is 6.50. The van der Waals surface area contributed by atoms with E-state index in [9.17, 15) is 17.6 Å². The SMILES string of the molecule is CCCOc1ccc(CN(C(=O)Cc2coc3ccc(F)cc23)C2CCS(=O)(=O)C2)cc1. The lowest BCUT2D eigenvalue weighted by Gasteiger charge is -2.28. The highest BCUT2D eigenvalue weighted by Crippen LogP contribution is 2.26. The molecule has 1 aromatic heterocycles. The number of rotatable bonds is 8.